The Morgan fingerprint density at radius 1 is 1.61 bits per heavy atom. The molecule has 1 aromatic heterocycles. The Hall–Kier alpha value is -1.17. The van der Waals surface area contributed by atoms with Crippen molar-refractivity contribution in [1.29, 1.82) is 0 Å². The smallest absolute Gasteiger partial charge is 0.127 e. The highest BCUT2D eigenvalue weighted by molar-refractivity contribution is 5.38. The van der Waals surface area contributed by atoms with Gasteiger partial charge >= 0.3 is 0 Å². The average Bonchev–Trinajstić information content (AvgIpc) is 2.40. The SMILES string of the molecule is COCC[C@H]1CN(Cc2cccnc2N)CCO1. The van der Waals surface area contributed by atoms with Crippen LogP contribution in [0.15, 0.2) is 18.3 Å². The van der Waals surface area contributed by atoms with Gasteiger partial charge in [0.1, 0.15) is 5.82 Å². The quantitative estimate of drug-likeness (QED) is 0.842. The molecule has 0 unspecified atom stereocenters. The third kappa shape index (κ3) is 3.66. The van der Waals surface area contributed by atoms with Gasteiger partial charge in [-0.2, -0.15) is 0 Å². The summed E-state index contributed by atoms with van der Waals surface area (Å²) in [6.07, 6.45) is 2.92. The molecule has 1 fully saturated rings. The molecular weight excluding hydrogens is 230 g/mol. The normalized spacial score (nSPS) is 21.1. The number of hydrogen-bond acceptors (Lipinski definition) is 5. The van der Waals surface area contributed by atoms with Gasteiger partial charge in [0.05, 0.1) is 12.7 Å². The first-order chi connectivity index (χ1) is 8.79. The Balaban J connectivity index is 1.87. The van der Waals surface area contributed by atoms with E-state index in [0.29, 0.717) is 5.82 Å². The summed E-state index contributed by atoms with van der Waals surface area (Å²) in [6.45, 7) is 4.23. The predicted octanol–water partition coefficient (Wildman–Crippen LogP) is 0.901. The van der Waals surface area contributed by atoms with Crippen LogP contribution in [0.3, 0.4) is 0 Å². The molecule has 18 heavy (non-hydrogen) atoms. The summed E-state index contributed by atoms with van der Waals surface area (Å²) in [5.74, 6) is 0.623. The summed E-state index contributed by atoms with van der Waals surface area (Å²) < 4.78 is 10.8. The lowest BCUT2D eigenvalue weighted by Crippen LogP contribution is -2.42. The molecule has 0 spiro atoms. The van der Waals surface area contributed by atoms with E-state index in [-0.39, 0.29) is 6.10 Å². The van der Waals surface area contributed by atoms with Gasteiger partial charge in [0, 0.05) is 45.1 Å². The number of methoxy groups -OCH3 is 1. The molecule has 1 atom stereocenters. The van der Waals surface area contributed by atoms with Crippen molar-refractivity contribution in [2.45, 2.75) is 19.1 Å². The van der Waals surface area contributed by atoms with Crippen molar-refractivity contribution >= 4 is 5.82 Å². The number of nitrogens with zero attached hydrogens (tertiary/aromatic N) is 2. The van der Waals surface area contributed by atoms with Gasteiger partial charge in [-0.1, -0.05) is 6.07 Å². The number of aromatic nitrogens is 1. The van der Waals surface area contributed by atoms with Gasteiger partial charge in [-0.25, -0.2) is 4.98 Å². The lowest BCUT2D eigenvalue weighted by Gasteiger charge is -2.33. The zero-order valence-corrected chi connectivity index (χ0v) is 10.8. The van der Waals surface area contributed by atoms with E-state index in [1.54, 1.807) is 13.3 Å². The van der Waals surface area contributed by atoms with E-state index in [9.17, 15) is 0 Å². The second-order valence-corrected chi connectivity index (χ2v) is 4.56. The molecule has 100 valence electrons. The lowest BCUT2D eigenvalue weighted by molar-refractivity contribution is -0.0432. The molecule has 0 bridgehead atoms. The highest BCUT2D eigenvalue weighted by atomic mass is 16.5. The lowest BCUT2D eigenvalue weighted by atomic mass is 10.2. The van der Waals surface area contributed by atoms with Crippen molar-refractivity contribution in [2.75, 3.05) is 39.1 Å². The molecule has 2 rings (SSSR count). The van der Waals surface area contributed by atoms with Crippen LogP contribution in [0.25, 0.3) is 0 Å². The number of nitrogens with two attached hydrogens (primary N) is 1. The van der Waals surface area contributed by atoms with Gasteiger partial charge in [0.15, 0.2) is 0 Å². The first kappa shape index (κ1) is 13.3. The largest absolute Gasteiger partial charge is 0.385 e. The molecule has 5 nitrogen and oxygen atoms in total. The molecule has 0 aliphatic carbocycles. The zero-order valence-electron chi connectivity index (χ0n) is 10.8. The van der Waals surface area contributed by atoms with E-state index in [0.717, 1.165) is 44.8 Å². The van der Waals surface area contributed by atoms with Crippen molar-refractivity contribution in [2.24, 2.45) is 0 Å². The van der Waals surface area contributed by atoms with Gasteiger partial charge in [0.2, 0.25) is 0 Å². The Labute approximate surface area is 108 Å². The molecule has 0 radical (unpaired) electrons. The Kier molecular flexibility index (Phi) is 4.92. The van der Waals surface area contributed by atoms with Crippen molar-refractivity contribution < 1.29 is 9.47 Å². The van der Waals surface area contributed by atoms with Crippen LogP contribution in [-0.2, 0) is 16.0 Å². The van der Waals surface area contributed by atoms with Crippen LogP contribution in [0.2, 0.25) is 0 Å². The van der Waals surface area contributed by atoms with Gasteiger partial charge in [-0.05, 0) is 12.5 Å². The first-order valence-electron chi connectivity index (χ1n) is 6.32. The van der Waals surface area contributed by atoms with E-state index in [1.165, 1.54) is 0 Å². The van der Waals surface area contributed by atoms with Crippen LogP contribution in [0.1, 0.15) is 12.0 Å². The summed E-state index contributed by atoms with van der Waals surface area (Å²) in [7, 11) is 1.72. The van der Waals surface area contributed by atoms with Crippen LogP contribution in [-0.4, -0.2) is 49.4 Å². The fraction of sp³-hybridized carbons (Fsp3) is 0.615. The molecule has 1 aliphatic heterocycles. The molecule has 1 aliphatic rings. The number of pyridine rings is 1. The number of rotatable bonds is 5. The highest BCUT2D eigenvalue weighted by Crippen LogP contribution is 2.15. The second-order valence-electron chi connectivity index (χ2n) is 4.56. The van der Waals surface area contributed by atoms with Crippen molar-refractivity contribution in [1.82, 2.24) is 9.88 Å². The Bertz CT molecular complexity index is 373. The third-order valence-electron chi connectivity index (χ3n) is 3.19. The number of ether oxygens (including phenoxy) is 2. The van der Waals surface area contributed by atoms with Crippen molar-refractivity contribution in [3.63, 3.8) is 0 Å². The molecule has 1 aromatic rings. The maximum absolute atomic E-state index is 5.86. The van der Waals surface area contributed by atoms with Gasteiger partial charge in [0.25, 0.3) is 0 Å². The van der Waals surface area contributed by atoms with Gasteiger partial charge in [-0.3, -0.25) is 4.90 Å². The molecule has 0 aromatic carbocycles. The van der Waals surface area contributed by atoms with E-state index >= 15 is 0 Å². The molecule has 0 saturated carbocycles. The number of nitrogen functional groups attached to an aromatic ring is 1. The molecule has 5 heteroatoms. The highest BCUT2D eigenvalue weighted by Gasteiger charge is 2.20. The van der Waals surface area contributed by atoms with Crippen LogP contribution in [0, 0.1) is 0 Å². The minimum atomic E-state index is 0.261. The van der Waals surface area contributed by atoms with Gasteiger partial charge < -0.3 is 15.2 Å². The standard InChI is InChI=1S/C13H21N3O2/c1-17-7-4-12-10-16(6-8-18-12)9-11-3-2-5-15-13(11)14/h2-3,5,12H,4,6-10H2,1H3,(H2,14,15)/t12-/m0/s1. The van der Waals surface area contributed by atoms with Crippen molar-refractivity contribution in [3.05, 3.63) is 23.9 Å². The molecule has 2 N–H and O–H groups in total. The number of morpholine rings is 1. The summed E-state index contributed by atoms with van der Waals surface area (Å²) in [4.78, 5) is 6.47. The minimum Gasteiger partial charge on any atom is -0.385 e. The monoisotopic (exact) mass is 251 g/mol. The molecular formula is C13H21N3O2. The fourth-order valence-corrected chi connectivity index (χ4v) is 2.17. The first-order valence-corrected chi connectivity index (χ1v) is 6.32. The van der Waals surface area contributed by atoms with Crippen LogP contribution in [0.5, 0.6) is 0 Å². The van der Waals surface area contributed by atoms with Crippen LogP contribution < -0.4 is 5.73 Å². The maximum atomic E-state index is 5.86. The van der Waals surface area contributed by atoms with Gasteiger partial charge in [-0.15, -0.1) is 0 Å². The van der Waals surface area contributed by atoms with Crippen LogP contribution >= 0.6 is 0 Å². The summed E-state index contributed by atoms with van der Waals surface area (Å²) in [5.41, 5.74) is 6.95. The fourth-order valence-electron chi connectivity index (χ4n) is 2.17. The second kappa shape index (κ2) is 6.68. The van der Waals surface area contributed by atoms with E-state index in [2.05, 4.69) is 9.88 Å². The number of anilines is 1. The zero-order chi connectivity index (χ0) is 12.8. The summed E-state index contributed by atoms with van der Waals surface area (Å²) in [6, 6.07) is 3.95. The van der Waals surface area contributed by atoms with Crippen molar-refractivity contribution in [3.8, 4) is 0 Å². The Morgan fingerprint density at radius 2 is 2.50 bits per heavy atom. The molecule has 0 amide bonds. The van der Waals surface area contributed by atoms with E-state index in [1.807, 2.05) is 12.1 Å². The molecule has 2 heterocycles. The maximum Gasteiger partial charge on any atom is 0.127 e. The number of hydrogen-bond donors (Lipinski definition) is 1. The summed E-state index contributed by atoms with van der Waals surface area (Å²) >= 11 is 0. The molecule has 1 saturated heterocycles. The summed E-state index contributed by atoms with van der Waals surface area (Å²) in [5, 5.41) is 0. The van der Waals surface area contributed by atoms with E-state index in [4.69, 9.17) is 15.2 Å². The Morgan fingerprint density at radius 3 is 3.28 bits per heavy atom. The third-order valence-corrected chi connectivity index (χ3v) is 3.19. The van der Waals surface area contributed by atoms with E-state index < -0.39 is 0 Å². The van der Waals surface area contributed by atoms with Crippen LogP contribution in [0.4, 0.5) is 5.82 Å². The average molecular weight is 251 g/mol. The minimum absolute atomic E-state index is 0.261. The predicted molar refractivity (Wildman–Crippen MR) is 70.2 cm³/mol. The topological polar surface area (TPSA) is 60.6 Å².